The van der Waals surface area contributed by atoms with Crippen LogP contribution in [0.25, 0.3) is 0 Å². The minimum atomic E-state index is 0.845. The zero-order valence-corrected chi connectivity index (χ0v) is 16.0. The predicted molar refractivity (Wildman–Crippen MR) is 114 cm³/mol. The summed E-state index contributed by atoms with van der Waals surface area (Å²) in [7, 11) is 0. The van der Waals surface area contributed by atoms with Gasteiger partial charge in [-0.15, -0.1) is 0 Å². The summed E-state index contributed by atoms with van der Waals surface area (Å²) in [6, 6.07) is 21.4. The number of nitrogens with zero attached hydrogens (tertiary/aromatic N) is 5. The quantitative estimate of drug-likeness (QED) is 0.705. The molecule has 0 radical (unpaired) electrons. The van der Waals surface area contributed by atoms with E-state index in [4.69, 9.17) is 4.98 Å². The highest BCUT2D eigenvalue weighted by Gasteiger charge is 2.21. The van der Waals surface area contributed by atoms with Gasteiger partial charge in [-0.3, -0.25) is 0 Å². The van der Waals surface area contributed by atoms with Gasteiger partial charge in [0.25, 0.3) is 0 Å². The number of hydrogen-bond acceptors (Lipinski definition) is 5. The van der Waals surface area contributed by atoms with Crippen molar-refractivity contribution < 1.29 is 0 Å². The molecule has 0 spiro atoms. The zero-order valence-electron chi connectivity index (χ0n) is 16.0. The Balaban J connectivity index is 1.28. The number of aromatic nitrogens is 2. The van der Waals surface area contributed by atoms with Crippen molar-refractivity contribution in [3.8, 4) is 0 Å². The summed E-state index contributed by atoms with van der Waals surface area (Å²) in [5.74, 6) is 1.88. The second-order valence-electron chi connectivity index (χ2n) is 7.46. The average molecular weight is 371 g/mol. The molecule has 5 heteroatoms. The molecule has 0 unspecified atom stereocenters. The molecule has 2 aliphatic heterocycles. The summed E-state index contributed by atoms with van der Waals surface area (Å²) in [6.45, 7) is 5.85. The Hall–Kier alpha value is -3.08. The molecule has 5 rings (SSSR count). The minimum absolute atomic E-state index is 0.845. The first-order valence-electron chi connectivity index (χ1n) is 10.1. The Morgan fingerprint density at radius 1 is 0.643 bits per heavy atom. The van der Waals surface area contributed by atoms with Crippen LogP contribution >= 0.6 is 0 Å². The van der Waals surface area contributed by atoms with Crippen LogP contribution in [0.3, 0.4) is 0 Å². The molecule has 1 fully saturated rings. The summed E-state index contributed by atoms with van der Waals surface area (Å²) in [4.78, 5) is 16.6. The van der Waals surface area contributed by atoms with Crippen molar-refractivity contribution in [2.75, 3.05) is 47.4 Å². The molecule has 2 aliphatic rings. The lowest BCUT2D eigenvalue weighted by molar-refractivity contribution is 0.643. The Labute approximate surface area is 166 Å². The van der Waals surface area contributed by atoms with Crippen molar-refractivity contribution in [3.63, 3.8) is 0 Å². The van der Waals surface area contributed by atoms with Crippen LogP contribution in [0.2, 0.25) is 0 Å². The summed E-state index contributed by atoms with van der Waals surface area (Å²) >= 11 is 0. The molecule has 142 valence electrons. The van der Waals surface area contributed by atoms with E-state index in [0.717, 1.165) is 57.5 Å². The Morgan fingerprint density at radius 3 is 2.18 bits per heavy atom. The molecule has 2 aromatic carbocycles. The van der Waals surface area contributed by atoms with E-state index >= 15 is 0 Å². The van der Waals surface area contributed by atoms with Crippen LogP contribution in [-0.2, 0) is 13.0 Å². The third-order valence-corrected chi connectivity index (χ3v) is 5.77. The van der Waals surface area contributed by atoms with Gasteiger partial charge in [-0.1, -0.05) is 42.5 Å². The number of fused-ring (bicyclic) bond motifs is 1. The standard InChI is InChI=1S/C23H25N5/c1-2-8-21(9-3-1)26-14-16-27(17-15-26)22-10-12-24-23(25-22)28-13-11-19-6-4-5-7-20(19)18-28/h1-10,12H,11,13-18H2. The largest absolute Gasteiger partial charge is 0.368 e. The highest BCUT2D eigenvalue weighted by molar-refractivity contribution is 5.50. The van der Waals surface area contributed by atoms with E-state index in [2.05, 4.69) is 74.3 Å². The summed E-state index contributed by atoms with van der Waals surface area (Å²) in [5.41, 5.74) is 4.14. The van der Waals surface area contributed by atoms with E-state index < -0.39 is 0 Å². The third-order valence-electron chi connectivity index (χ3n) is 5.77. The molecular formula is C23H25N5. The lowest BCUT2D eigenvalue weighted by Crippen LogP contribution is -2.47. The lowest BCUT2D eigenvalue weighted by atomic mass is 10.0. The van der Waals surface area contributed by atoms with Crippen molar-refractivity contribution >= 4 is 17.5 Å². The smallest absolute Gasteiger partial charge is 0.227 e. The fraction of sp³-hybridized carbons (Fsp3) is 0.304. The van der Waals surface area contributed by atoms with Gasteiger partial charge in [0.05, 0.1) is 0 Å². The second kappa shape index (κ2) is 7.50. The monoisotopic (exact) mass is 371 g/mol. The van der Waals surface area contributed by atoms with Crippen molar-refractivity contribution in [3.05, 3.63) is 78.0 Å². The van der Waals surface area contributed by atoms with E-state index in [-0.39, 0.29) is 0 Å². The predicted octanol–water partition coefficient (Wildman–Crippen LogP) is 3.37. The van der Waals surface area contributed by atoms with E-state index in [9.17, 15) is 0 Å². The maximum Gasteiger partial charge on any atom is 0.227 e. The normalized spacial score (nSPS) is 16.8. The van der Waals surface area contributed by atoms with E-state index in [1.54, 1.807) is 0 Å². The Morgan fingerprint density at radius 2 is 1.36 bits per heavy atom. The van der Waals surface area contributed by atoms with Gasteiger partial charge in [-0.05, 0) is 35.7 Å². The van der Waals surface area contributed by atoms with Gasteiger partial charge in [0.1, 0.15) is 5.82 Å². The van der Waals surface area contributed by atoms with Gasteiger partial charge >= 0.3 is 0 Å². The number of anilines is 3. The summed E-state index contributed by atoms with van der Waals surface area (Å²) in [6.07, 6.45) is 2.96. The molecule has 0 bridgehead atoms. The lowest BCUT2D eigenvalue weighted by Gasteiger charge is -2.37. The highest BCUT2D eigenvalue weighted by Crippen LogP contribution is 2.24. The molecule has 1 aromatic heterocycles. The number of rotatable bonds is 3. The van der Waals surface area contributed by atoms with Crippen molar-refractivity contribution in [2.45, 2.75) is 13.0 Å². The number of para-hydroxylation sites is 1. The average Bonchev–Trinajstić information content (AvgIpc) is 2.79. The van der Waals surface area contributed by atoms with Gasteiger partial charge in [0.15, 0.2) is 0 Å². The van der Waals surface area contributed by atoms with Crippen LogP contribution in [0, 0.1) is 0 Å². The molecular weight excluding hydrogens is 346 g/mol. The van der Waals surface area contributed by atoms with Gasteiger partial charge in [0.2, 0.25) is 5.95 Å². The number of benzene rings is 2. The Bertz CT molecular complexity index is 934. The van der Waals surface area contributed by atoms with Crippen LogP contribution in [0.15, 0.2) is 66.9 Å². The first-order chi connectivity index (χ1) is 13.9. The van der Waals surface area contributed by atoms with Crippen LogP contribution < -0.4 is 14.7 Å². The SMILES string of the molecule is c1ccc(N2CCN(c3ccnc(N4CCc5ccccc5C4)n3)CC2)cc1. The van der Waals surface area contributed by atoms with Crippen molar-refractivity contribution in [1.82, 2.24) is 9.97 Å². The van der Waals surface area contributed by atoms with Crippen LogP contribution in [0.5, 0.6) is 0 Å². The molecule has 0 aliphatic carbocycles. The topological polar surface area (TPSA) is 35.5 Å². The third kappa shape index (κ3) is 3.40. The van der Waals surface area contributed by atoms with Crippen LogP contribution in [0.1, 0.15) is 11.1 Å². The number of hydrogen-bond donors (Lipinski definition) is 0. The molecule has 28 heavy (non-hydrogen) atoms. The highest BCUT2D eigenvalue weighted by atomic mass is 15.3. The molecule has 5 nitrogen and oxygen atoms in total. The second-order valence-corrected chi connectivity index (χ2v) is 7.46. The molecule has 0 amide bonds. The summed E-state index contributed by atoms with van der Waals surface area (Å²) < 4.78 is 0. The molecule has 0 saturated carbocycles. The van der Waals surface area contributed by atoms with E-state index in [1.165, 1.54) is 16.8 Å². The first kappa shape index (κ1) is 17.0. The molecule has 0 atom stereocenters. The number of piperazine rings is 1. The molecule has 1 saturated heterocycles. The van der Waals surface area contributed by atoms with E-state index in [0.29, 0.717) is 0 Å². The fourth-order valence-electron chi connectivity index (χ4n) is 4.17. The van der Waals surface area contributed by atoms with Crippen LogP contribution in [0.4, 0.5) is 17.5 Å². The summed E-state index contributed by atoms with van der Waals surface area (Å²) in [5, 5.41) is 0. The van der Waals surface area contributed by atoms with Gasteiger partial charge < -0.3 is 14.7 Å². The molecule has 0 N–H and O–H groups in total. The minimum Gasteiger partial charge on any atom is -0.368 e. The molecule has 3 heterocycles. The zero-order chi connectivity index (χ0) is 18.8. The Kier molecular flexibility index (Phi) is 4.57. The molecule has 3 aromatic rings. The van der Waals surface area contributed by atoms with Gasteiger partial charge in [-0.25, -0.2) is 4.98 Å². The van der Waals surface area contributed by atoms with Crippen molar-refractivity contribution in [1.29, 1.82) is 0 Å². The van der Waals surface area contributed by atoms with Gasteiger partial charge in [-0.2, -0.15) is 4.98 Å². The van der Waals surface area contributed by atoms with E-state index in [1.807, 2.05) is 12.3 Å². The maximum atomic E-state index is 4.91. The van der Waals surface area contributed by atoms with Crippen LogP contribution in [-0.4, -0.2) is 42.7 Å². The fourth-order valence-corrected chi connectivity index (χ4v) is 4.17. The first-order valence-corrected chi connectivity index (χ1v) is 10.1. The van der Waals surface area contributed by atoms with Gasteiger partial charge in [0, 0.05) is 51.2 Å². The maximum absolute atomic E-state index is 4.91. The van der Waals surface area contributed by atoms with Crippen molar-refractivity contribution in [2.24, 2.45) is 0 Å².